The fourth-order valence-corrected chi connectivity index (χ4v) is 3.69. The summed E-state index contributed by atoms with van der Waals surface area (Å²) < 4.78 is 30.4. The lowest BCUT2D eigenvalue weighted by Crippen LogP contribution is -2.16. The average Bonchev–Trinajstić information content (AvgIpc) is 2.69. The van der Waals surface area contributed by atoms with Crippen molar-refractivity contribution < 1.29 is 13.2 Å². The number of hydrogen-bond acceptors (Lipinski definition) is 3. The lowest BCUT2D eigenvalue weighted by molar-refractivity contribution is 0.101. The first kappa shape index (κ1) is 20.0. The molecular formula is C21H17BrN2O3S. The molecule has 3 rings (SSSR count). The van der Waals surface area contributed by atoms with Gasteiger partial charge in [0, 0.05) is 21.3 Å². The van der Waals surface area contributed by atoms with Gasteiger partial charge in [0.2, 0.25) is 0 Å². The Labute approximate surface area is 172 Å². The third kappa shape index (κ3) is 4.94. The maximum Gasteiger partial charge on any atom is 0.284 e. The zero-order valence-corrected chi connectivity index (χ0v) is 17.4. The fraction of sp³-hybridized carbons (Fsp3) is 0.0476. The van der Waals surface area contributed by atoms with E-state index in [1.165, 1.54) is 19.1 Å². The van der Waals surface area contributed by atoms with Crippen molar-refractivity contribution in [3.05, 3.63) is 94.5 Å². The summed E-state index contributed by atoms with van der Waals surface area (Å²) in [7, 11) is -3.92. The van der Waals surface area contributed by atoms with E-state index in [1.54, 1.807) is 60.7 Å². The van der Waals surface area contributed by atoms with Gasteiger partial charge in [-0.2, -0.15) is 8.42 Å². The Morgan fingerprint density at radius 2 is 1.46 bits per heavy atom. The molecule has 0 bridgehead atoms. The fourth-order valence-electron chi connectivity index (χ4n) is 2.45. The number of hydrogen-bond donors (Lipinski definition) is 1. The number of carbonyl (C=O) groups is 1. The van der Waals surface area contributed by atoms with Crippen molar-refractivity contribution in [2.24, 2.45) is 4.40 Å². The Kier molecular flexibility index (Phi) is 6.06. The van der Waals surface area contributed by atoms with E-state index in [0.29, 0.717) is 16.8 Å². The van der Waals surface area contributed by atoms with Crippen LogP contribution in [0.3, 0.4) is 0 Å². The van der Waals surface area contributed by atoms with Gasteiger partial charge in [-0.05, 0) is 55.5 Å². The van der Waals surface area contributed by atoms with Gasteiger partial charge in [-0.15, -0.1) is 4.40 Å². The lowest BCUT2D eigenvalue weighted by Gasteiger charge is -2.11. The van der Waals surface area contributed by atoms with E-state index < -0.39 is 10.0 Å². The highest BCUT2D eigenvalue weighted by molar-refractivity contribution is 9.10. The third-order valence-electron chi connectivity index (χ3n) is 3.92. The van der Waals surface area contributed by atoms with Gasteiger partial charge < -0.3 is 5.32 Å². The smallest absolute Gasteiger partial charge is 0.284 e. The monoisotopic (exact) mass is 456 g/mol. The summed E-state index contributed by atoms with van der Waals surface area (Å²) >= 11 is 3.29. The summed E-state index contributed by atoms with van der Waals surface area (Å²) in [6, 6.07) is 22.0. The zero-order chi connectivity index (χ0) is 20.1. The third-order valence-corrected chi connectivity index (χ3v) is 5.74. The molecule has 0 spiro atoms. The molecule has 0 radical (unpaired) electrons. The summed E-state index contributed by atoms with van der Waals surface area (Å²) in [4.78, 5) is 11.5. The highest BCUT2D eigenvalue weighted by atomic mass is 79.9. The van der Waals surface area contributed by atoms with Gasteiger partial charge in [-0.1, -0.05) is 46.3 Å². The Bertz CT molecular complexity index is 1110. The summed E-state index contributed by atoms with van der Waals surface area (Å²) in [6.07, 6.45) is 0. The molecule has 0 fully saturated rings. The molecule has 3 aromatic carbocycles. The summed E-state index contributed by atoms with van der Waals surface area (Å²) in [5, 5.41) is 3.05. The van der Waals surface area contributed by atoms with Crippen molar-refractivity contribution in [1.82, 2.24) is 0 Å². The van der Waals surface area contributed by atoms with E-state index >= 15 is 0 Å². The zero-order valence-electron chi connectivity index (χ0n) is 15.0. The number of carbonyl (C=O) groups excluding carboxylic acids is 1. The molecular weight excluding hydrogens is 440 g/mol. The van der Waals surface area contributed by atoms with Crippen LogP contribution in [0.1, 0.15) is 22.8 Å². The van der Waals surface area contributed by atoms with Crippen molar-refractivity contribution in [2.45, 2.75) is 11.8 Å². The Morgan fingerprint density at radius 3 is 2.04 bits per heavy atom. The largest absolute Gasteiger partial charge is 0.339 e. The molecule has 28 heavy (non-hydrogen) atoms. The molecule has 0 saturated carbocycles. The molecule has 0 heterocycles. The highest BCUT2D eigenvalue weighted by Gasteiger charge is 2.16. The average molecular weight is 457 g/mol. The van der Waals surface area contributed by atoms with Crippen LogP contribution in [0.4, 0.5) is 5.69 Å². The Hall–Kier alpha value is -2.77. The van der Waals surface area contributed by atoms with Gasteiger partial charge in [0.15, 0.2) is 11.6 Å². The molecule has 3 aromatic rings. The number of rotatable bonds is 5. The van der Waals surface area contributed by atoms with E-state index in [9.17, 15) is 13.2 Å². The van der Waals surface area contributed by atoms with Crippen LogP contribution in [0.25, 0.3) is 0 Å². The number of Topliss-reactive ketones (excluding diaryl/α,β-unsaturated/α-hetero) is 1. The maximum absolute atomic E-state index is 12.8. The molecule has 0 aliphatic carbocycles. The molecule has 0 aromatic heterocycles. The quantitative estimate of drug-likeness (QED) is 0.336. The second kappa shape index (κ2) is 8.50. The van der Waals surface area contributed by atoms with Crippen LogP contribution >= 0.6 is 15.9 Å². The van der Waals surface area contributed by atoms with Crippen LogP contribution < -0.4 is 5.32 Å². The van der Waals surface area contributed by atoms with Crippen molar-refractivity contribution in [1.29, 1.82) is 0 Å². The van der Waals surface area contributed by atoms with Gasteiger partial charge in [-0.25, -0.2) is 0 Å². The van der Waals surface area contributed by atoms with Crippen LogP contribution in [-0.2, 0) is 10.0 Å². The molecule has 0 amide bonds. The molecule has 0 aliphatic rings. The van der Waals surface area contributed by atoms with E-state index in [4.69, 9.17) is 0 Å². The number of nitrogens with zero attached hydrogens (tertiary/aromatic N) is 1. The molecule has 0 atom stereocenters. The highest BCUT2D eigenvalue weighted by Crippen LogP contribution is 2.19. The minimum absolute atomic E-state index is 0.0404. The van der Waals surface area contributed by atoms with Gasteiger partial charge in [-0.3, -0.25) is 4.79 Å². The first-order chi connectivity index (χ1) is 13.3. The molecule has 0 saturated heterocycles. The number of sulfonamides is 1. The second-order valence-electron chi connectivity index (χ2n) is 5.99. The predicted molar refractivity (Wildman–Crippen MR) is 114 cm³/mol. The summed E-state index contributed by atoms with van der Waals surface area (Å²) in [6.45, 7) is 1.49. The molecule has 7 heteroatoms. The Morgan fingerprint density at radius 1 is 0.857 bits per heavy atom. The van der Waals surface area contributed by atoms with Gasteiger partial charge >= 0.3 is 0 Å². The number of nitrogens with one attached hydrogen (secondary N) is 1. The topological polar surface area (TPSA) is 75.6 Å². The van der Waals surface area contributed by atoms with Crippen LogP contribution in [0.15, 0.2) is 92.6 Å². The van der Waals surface area contributed by atoms with Crippen molar-refractivity contribution >= 4 is 43.3 Å². The molecule has 1 N–H and O–H groups in total. The predicted octanol–water partition coefficient (Wildman–Crippen LogP) is 4.90. The SMILES string of the molecule is CC(=O)c1ccc(N/C(=N/S(=O)(=O)c2ccc(Br)cc2)c2ccccc2)cc1. The van der Waals surface area contributed by atoms with Crippen molar-refractivity contribution in [2.75, 3.05) is 5.32 Å². The lowest BCUT2D eigenvalue weighted by atomic mass is 10.1. The normalized spacial score (nSPS) is 11.9. The summed E-state index contributed by atoms with van der Waals surface area (Å²) in [5.74, 6) is 0.153. The van der Waals surface area contributed by atoms with Crippen molar-refractivity contribution in [3.63, 3.8) is 0 Å². The molecule has 142 valence electrons. The van der Waals surface area contributed by atoms with Gasteiger partial charge in [0.1, 0.15) is 0 Å². The standard InChI is InChI=1S/C21H17BrN2O3S/c1-15(25)16-7-11-19(12-8-16)23-21(17-5-3-2-4-6-17)24-28(26,27)20-13-9-18(22)10-14-20/h2-14H,1H3,(H,23,24). The molecule has 5 nitrogen and oxygen atoms in total. The first-order valence-electron chi connectivity index (χ1n) is 8.39. The van der Waals surface area contributed by atoms with Gasteiger partial charge in [0.25, 0.3) is 10.0 Å². The minimum atomic E-state index is -3.92. The second-order valence-corrected chi connectivity index (χ2v) is 8.51. The number of anilines is 1. The molecule has 0 aliphatic heterocycles. The molecule has 0 unspecified atom stereocenters. The van der Waals surface area contributed by atoms with E-state index in [1.807, 2.05) is 6.07 Å². The van der Waals surface area contributed by atoms with Gasteiger partial charge in [0.05, 0.1) is 4.90 Å². The van der Waals surface area contributed by atoms with Crippen molar-refractivity contribution in [3.8, 4) is 0 Å². The number of ketones is 1. The van der Waals surface area contributed by atoms with E-state index in [0.717, 1.165) is 4.47 Å². The first-order valence-corrected chi connectivity index (χ1v) is 10.6. The van der Waals surface area contributed by atoms with E-state index in [2.05, 4.69) is 25.6 Å². The van der Waals surface area contributed by atoms with E-state index in [-0.39, 0.29) is 16.5 Å². The maximum atomic E-state index is 12.8. The van der Waals surface area contributed by atoms with Crippen LogP contribution in [0, 0.1) is 0 Å². The van der Waals surface area contributed by atoms with Crippen LogP contribution in [-0.4, -0.2) is 20.0 Å². The van der Waals surface area contributed by atoms with Crippen LogP contribution in [0.5, 0.6) is 0 Å². The number of amidine groups is 1. The summed E-state index contributed by atoms with van der Waals surface area (Å²) in [5.41, 5.74) is 1.82. The van der Waals surface area contributed by atoms with Crippen LogP contribution in [0.2, 0.25) is 0 Å². The number of benzene rings is 3. The minimum Gasteiger partial charge on any atom is -0.339 e. The Balaban J connectivity index is 2.01. The number of halogens is 1.